The number of aryl methyl sites for hydroxylation is 1. The molecule has 272 valence electrons. The van der Waals surface area contributed by atoms with Crippen LogP contribution in [0.2, 0.25) is 0 Å². The molecule has 9 heteroatoms. The summed E-state index contributed by atoms with van der Waals surface area (Å²) in [4.78, 5) is 10.5. The van der Waals surface area contributed by atoms with Crippen molar-refractivity contribution in [3.8, 4) is 11.5 Å². The van der Waals surface area contributed by atoms with Gasteiger partial charge in [0.2, 0.25) is 5.79 Å². The minimum atomic E-state index is -0.921. The molecule has 6 atom stereocenters. The number of hydrogen-bond donors (Lipinski definition) is 2. The fourth-order valence-electron chi connectivity index (χ4n) is 8.77. The Labute approximate surface area is 302 Å². The number of hydrogen-bond acceptors (Lipinski definition) is 9. The van der Waals surface area contributed by atoms with Crippen molar-refractivity contribution in [1.82, 2.24) is 4.98 Å². The SMILES string of the molecule is C=CCO[C@@]12Oc3ccc(OCc4cccc(C)n4)cc3[C@H]3[C@H](CCCCO)[C@@H](CCCCO)C=C(C(=NOCC)C[C@@H]1SC1CCCC1)[C@H]32. The van der Waals surface area contributed by atoms with Crippen molar-refractivity contribution in [2.75, 3.05) is 26.4 Å². The van der Waals surface area contributed by atoms with Crippen LogP contribution in [0.1, 0.15) is 100 Å². The quantitative estimate of drug-likeness (QED) is 0.0908. The Balaban J connectivity index is 1.49. The van der Waals surface area contributed by atoms with Gasteiger partial charge in [-0.15, -0.1) is 18.3 Å². The van der Waals surface area contributed by atoms with Crippen LogP contribution in [0.25, 0.3) is 0 Å². The summed E-state index contributed by atoms with van der Waals surface area (Å²) < 4.78 is 20.8. The number of allylic oxidation sites excluding steroid dienone is 1. The van der Waals surface area contributed by atoms with E-state index in [1.807, 2.05) is 56.0 Å². The van der Waals surface area contributed by atoms with E-state index in [9.17, 15) is 10.2 Å². The van der Waals surface area contributed by atoms with Crippen molar-refractivity contribution < 1.29 is 29.3 Å². The molecule has 0 radical (unpaired) electrons. The molecule has 4 aliphatic rings. The Bertz CT molecular complexity index is 1490. The number of nitrogens with zero attached hydrogens (tertiary/aromatic N) is 2. The van der Waals surface area contributed by atoms with Gasteiger partial charge in [-0.2, -0.15) is 0 Å². The van der Waals surface area contributed by atoms with Gasteiger partial charge in [-0.1, -0.05) is 49.1 Å². The van der Waals surface area contributed by atoms with E-state index in [-0.39, 0.29) is 42.1 Å². The Morgan fingerprint density at radius 1 is 1.08 bits per heavy atom. The summed E-state index contributed by atoms with van der Waals surface area (Å²) in [6.07, 6.45) is 15.2. The molecule has 0 bridgehead atoms. The number of aromatic nitrogens is 1. The monoisotopic (exact) mass is 704 g/mol. The first kappa shape index (κ1) is 36.9. The van der Waals surface area contributed by atoms with Crippen LogP contribution in [0, 0.1) is 24.7 Å². The number of ether oxygens (including phenoxy) is 3. The normalized spacial score (nSPS) is 28.0. The van der Waals surface area contributed by atoms with Crippen LogP contribution < -0.4 is 9.47 Å². The molecule has 6 rings (SSSR count). The maximum atomic E-state index is 9.85. The second kappa shape index (κ2) is 17.6. The van der Waals surface area contributed by atoms with Gasteiger partial charge in [0.05, 0.1) is 29.2 Å². The second-order valence-electron chi connectivity index (χ2n) is 14.3. The number of unbranched alkanes of at least 4 members (excludes halogenated alkanes) is 2. The van der Waals surface area contributed by atoms with E-state index in [4.69, 9.17) is 24.2 Å². The van der Waals surface area contributed by atoms with E-state index < -0.39 is 5.79 Å². The first-order valence-electron chi connectivity index (χ1n) is 18.9. The predicted octanol–water partition coefficient (Wildman–Crippen LogP) is 8.30. The molecule has 3 aliphatic carbocycles. The highest BCUT2D eigenvalue weighted by atomic mass is 32.2. The van der Waals surface area contributed by atoms with Crippen molar-refractivity contribution in [3.63, 3.8) is 0 Å². The number of rotatable bonds is 18. The molecular formula is C41H56N2O6S. The summed E-state index contributed by atoms with van der Waals surface area (Å²) in [6, 6.07) is 12.3. The lowest BCUT2D eigenvalue weighted by Gasteiger charge is -2.58. The molecule has 8 nitrogen and oxygen atoms in total. The molecule has 2 saturated carbocycles. The zero-order chi connectivity index (χ0) is 34.9. The van der Waals surface area contributed by atoms with Crippen LogP contribution >= 0.6 is 11.8 Å². The lowest BCUT2D eigenvalue weighted by atomic mass is 9.56. The van der Waals surface area contributed by atoms with Crippen molar-refractivity contribution in [1.29, 1.82) is 0 Å². The highest BCUT2D eigenvalue weighted by Gasteiger charge is 2.64. The Morgan fingerprint density at radius 3 is 2.62 bits per heavy atom. The molecule has 0 saturated heterocycles. The van der Waals surface area contributed by atoms with Gasteiger partial charge in [0, 0.05) is 42.1 Å². The minimum Gasteiger partial charge on any atom is -0.487 e. The van der Waals surface area contributed by atoms with Gasteiger partial charge in [0.15, 0.2) is 0 Å². The maximum absolute atomic E-state index is 9.85. The van der Waals surface area contributed by atoms with Crippen LogP contribution in [0.3, 0.4) is 0 Å². The largest absolute Gasteiger partial charge is 0.487 e. The van der Waals surface area contributed by atoms with E-state index in [0.717, 1.165) is 72.7 Å². The number of aliphatic hydroxyl groups is 2. The summed E-state index contributed by atoms with van der Waals surface area (Å²) in [5.41, 5.74) is 5.16. The molecule has 0 amide bonds. The fraction of sp³-hybridized carbons (Fsp3) is 0.610. The van der Waals surface area contributed by atoms with Gasteiger partial charge in [-0.05, 0) is 100 Å². The lowest BCUT2D eigenvalue weighted by molar-refractivity contribution is -0.223. The summed E-state index contributed by atoms with van der Waals surface area (Å²) in [5, 5.41) is 25.0. The Morgan fingerprint density at radius 2 is 1.88 bits per heavy atom. The third-order valence-electron chi connectivity index (χ3n) is 10.9. The molecule has 1 aromatic carbocycles. The summed E-state index contributed by atoms with van der Waals surface area (Å²) in [7, 11) is 0. The highest BCUT2D eigenvalue weighted by Crippen LogP contribution is 2.63. The fourth-order valence-corrected chi connectivity index (χ4v) is 10.5. The van der Waals surface area contributed by atoms with E-state index in [1.54, 1.807) is 0 Å². The summed E-state index contributed by atoms with van der Waals surface area (Å²) in [5.74, 6) is 1.17. The van der Waals surface area contributed by atoms with Gasteiger partial charge in [0.1, 0.15) is 24.7 Å². The van der Waals surface area contributed by atoms with Gasteiger partial charge >= 0.3 is 0 Å². The van der Waals surface area contributed by atoms with E-state index in [2.05, 4.69) is 29.8 Å². The average molecular weight is 705 g/mol. The minimum absolute atomic E-state index is 0.00917. The van der Waals surface area contributed by atoms with Crippen LogP contribution in [-0.4, -0.2) is 63.6 Å². The standard InChI is InChI=1S/C41H56N2O6S/c1-4-23-47-41-38(50-32-16-6-7-17-32)26-36(43-48-5-2)34-24-29(14-8-10-21-44)33(18-9-11-22-45)39(40(34)41)35-25-31(19-20-37(35)49-41)46-27-30-15-12-13-28(3)42-30/h4,12-13,15,19-20,24-25,29,32-33,38-40,44-45H,1,5-11,14,16-18,21-23,26-27H2,2-3H3/t29-,33+,38-,39+,40+,41+/m0/s1. The van der Waals surface area contributed by atoms with Gasteiger partial charge in [0.25, 0.3) is 0 Å². The van der Waals surface area contributed by atoms with Crippen LogP contribution in [0.5, 0.6) is 11.5 Å². The van der Waals surface area contributed by atoms with Crippen molar-refractivity contribution in [2.45, 2.75) is 113 Å². The van der Waals surface area contributed by atoms with Crippen molar-refractivity contribution in [2.24, 2.45) is 22.9 Å². The van der Waals surface area contributed by atoms with Gasteiger partial charge in [-0.25, -0.2) is 0 Å². The molecule has 1 aromatic heterocycles. The molecule has 1 aliphatic heterocycles. The topological polar surface area (TPSA) is 103 Å². The van der Waals surface area contributed by atoms with Crippen LogP contribution in [0.15, 0.2) is 65.9 Å². The molecule has 2 fully saturated rings. The van der Waals surface area contributed by atoms with Crippen LogP contribution in [-0.2, 0) is 16.2 Å². The maximum Gasteiger partial charge on any atom is 0.230 e. The second-order valence-corrected chi connectivity index (χ2v) is 15.8. The molecule has 0 spiro atoms. The number of oxime groups is 1. The molecule has 2 N–H and O–H groups in total. The zero-order valence-corrected chi connectivity index (χ0v) is 30.8. The first-order chi connectivity index (χ1) is 24.5. The predicted molar refractivity (Wildman–Crippen MR) is 200 cm³/mol. The third-order valence-corrected chi connectivity index (χ3v) is 12.6. The zero-order valence-electron chi connectivity index (χ0n) is 29.9. The van der Waals surface area contributed by atoms with Crippen molar-refractivity contribution in [3.05, 3.63) is 77.7 Å². The lowest BCUT2D eigenvalue weighted by Crippen LogP contribution is -2.64. The van der Waals surface area contributed by atoms with E-state index in [0.29, 0.717) is 31.5 Å². The molecule has 2 aromatic rings. The van der Waals surface area contributed by atoms with Crippen molar-refractivity contribution >= 4 is 17.5 Å². The number of fused-ring (bicyclic) bond motifs is 2. The molecule has 0 unspecified atom stereocenters. The van der Waals surface area contributed by atoms with Gasteiger partial charge in [-0.3, -0.25) is 4.98 Å². The molecule has 50 heavy (non-hydrogen) atoms. The number of thioether (sulfide) groups is 1. The number of aliphatic hydroxyl groups excluding tert-OH is 2. The van der Waals surface area contributed by atoms with Gasteiger partial charge < -0.3 is 29.3 Å². The molecular weight excluding hydrogens is 649 g/mol. The van der Waals surface area contributed by atoms with E-state index >= 15 is 0 Å². The van der Waals surface area contributed by atoms with Crippen LogP contribution in [0.4, 0.5) is 0 Å². The van der Waals surface area contributed by atoms with E-state index in [1.165, 1.54) is 31.3 Å². The summed E-state index contributed by atoms with van der Waals surface area (Å²) in [6.45, 7) is 9.65. The number of pyridine rings is 1. The first-order valence-corrected chi connectivity index (χ1v) is 19.9. The smallest absolute Gasteiger partial charge is 0.230 e. The highest BCUT2D eigenvalue weighted by molar-refractivity contribution is 8.00. The average Bonchev–Trinajstić information content (AvgIpc) is 3.64. The Kier molecular flexibility index (Phi) is 13.0. The molecule has 2 heterocycles. The number of benzene rings is 1. The Hall–Kier alpha value is -2.85. The third kappa shape index (κ3) is 8.11. The summed E-state index contributed by atoms with van der Waals surface area (Å²) >= 11 is 2.02.